The van der Waals surface area contributed by atoms with Gasteiger partial charge in [0.1, 0.15) is 6.29 Å². The van der Waals surface area contributed by atoms with Gasteiger partial charge in [-0.3, -0.25) is 9.59 Å². The van der Waals surface area contributed by atoms with Gasteiger partial charge in [-0.15, -0.1) is 0 Å². The number of piperidine rings is 2. The molecule has 0 aromatic heterocycles. The molecule has 1 atom stereocenters. The predicted octanol–water partition coefficient (Wildman–Crippen LogP) is 4.12. The van der Waals surface area contributed by atoms with Crippen LogP contribution in [0.15, 0.2) is 54.6 Å². The quantitative estimate of drug-likeness (QED) is 0.754. The first kappa shape index (κ1) is 18.7. The van der Waals surface area contributed by atoms with Crippen LogP contribution in [0, 0.1) is 5.92 Å². The molecule has 28 heavy (non-hydrogen) atoms. The molecule has 2 aliphatic heterocycles. The molecule has 0 spiro atoms. The number of hydrogen-bond donors (Lipinski definition) is 0. The van der Waals surface area contributed by atoms with E-state index in [1.807, 2.05) is 24.3 Å². The Morgan fingerprint density at radius 3 is 2.29 bits per heavy atom. The maximum absolute atomic E-state index is 13.1. The first-order valence-corrected chi connectivity index (χ1v) is 10.4. The third kappa shape index (κ3) is 4.11. The van der Waals surface area contributed by atoms with Gasteiger partial charge in [0.2, 0.25) is 5.91 Å². The van der Waals surface area contributed by atoms with Crippen molar-refractivity contribution in [2.24, 2.45) is 5.92 Å². The topological polar surface area (TPSA) is 40.6 Å². The molecule has 4 nitrogen and oxygen atoms in total. The average molecular weight is 377 g/mol. The monoisotopic (exact) mass is 376 g/mol. The molecule has 2 heterocycles. The maximum atomic E-state index is 13.1. The van der Waals surface area contributed by atoms with Crippen LogP contribution in [0.25, 0.3) is 0 Å². The minimum atomic E-state index is 0.139. The van der Waals surface area contributed by atoms with Crippen LogP contribution in [0.4, 0.5) is 5.69 Å². The summed E-state index contributed by atoms with van der Waals surface area (Å²) in [4.78, 5) is 28.4. The van der Waals surface area contributed by atoms with E-state index in [1.165, 1.54) is 12.0 Å². The molecule has 4 rings (SSSR count). The fraction of sp³-hybridized carbons (Fsp3) is 0.417. The lowest BCUT2D eigenvalue weighted by molar-refractivity contribution is -0.137. The van der Waals surface area contributed by atoms with Gasteiger partial charge in [0.15, 0.2) is 0 Å². The van der Waals surface area contributed by atoms with E-state index in [-0.39, 0.29) is 5.92 Å². The van der Waals surface area contributed by atoms with E-state index >= 15 is 0 Å². The molecule has 0 radical (unpaired) electrons. The van der Waals surface area contributed by atoms with Crippen LogP contribution >= 0.6 is 0 Å². The van der Waals surface area contributed by atoms with E-state index < -0.39 is 0 Å². The average Bonchev–Trinajstić information content (AvgIpc) is 2.79. The highest BCUT2D eigenvalue weighted by molar-refractivity contribution is 5.79. The highest BCUT2D eigenvalue weighted by Gasteiger charge is 2.31. The molecule has 2 aliphatic rings. The molecule has 2 aromatic carbocycles. The normalized spacial score (nSPS) is 20.8. The number of likely N-dealkylation sites (tertiary alicyclic amines) is 1. The molecule has 2 saturated heterocycles. The fourth-order valence-corrected chi connectivity index (χ4v) is 4.58. The van der Waals surface area contributed by atoms with Crippen LogP contribution in [0.1, 0.15) is 47.5 Å². The van der Waals surface area contributed by atoms with Gasteiger partial charge in [0.05, 0.1) is 0 Å². The van der Waals surface area contributed by atoms with Crippen LogP contribution in [0.3, 0.4) is 0 Å². The van der Waals surface area contributed by atoms with E-state index in [0.29, 0.717) is 17.4 Å². The van der Waals surface area contributed by atoms with Crippen molar-refractivity contribution in [2.45, 2.75) is 31.6 Å². The van der Waals surface area contributed by atoms with Crippen molar-refractivity contribution >= 4 is 17.9 Å². The van der Waals surface area contributed by atoms with Gasteiger partial charge in [-0.1, -0.05) is 30.3 Å². The summed E-state index contributed by atoms with van der Waals surface area (Å²) in [6, 6.07) is 18.3. The fourth-order valence-electron chi connectivity index (χ4n) is 4.58. The highest BCUT2D eigenvalue weighted by atomic mass is 16.2. The maximum Gasteiger partial charge on any atom is 0.225 e. The lowest BCUT2D eigenvalue weighted by atomic mass is 9.88. The van der Waals surface area contributed by atoms with Crippen LogP contribution in [-0.4, -0.2) is 43.3 Å². The van der Waals surface area contributed by atoms with E-state index in [1.54, 1.807) is 0 Å². The highest BCUT2D eigenvalue weighted by Crippen LogP contribution is 2.30. The van der Waals surface area contributed by atoms with Crippen LogP contribution in [0.2, 0.25) is 0 Å². The summed E-state index contributed by atoms with van der Waals surface area (Å²) >= 11 is 0. The van der Waals surface area contributed by atoms with Gasteiger partial charge in [-0.2, -0.15) is 0 Å². The summed E-state index contributed by atoms with van der Waals surface area (Å²) in [5.41, 5.74) is 3.19. The van der Waals surface area contributed by atoms with Crippen molar-refractivity contribution in [2.75, 3.05) is 31.1 Å². The van der Waals surface area contributed by atoms with E-state index in [9.17, 15) is 9.59 Å². The van der Waals surface area contributed by atoms with Crippen molar-refractivity contribution in [3.8, 4) is 0 Å². The Balaban J connectivity index is 1.33. The second-order valence-corrected chi connectivity index (χ2v) is 8.00. The molecule has 2 aromatic rings. The summed E-state index contributed by atoms with van der Waals surface area (Å²) in [5, 5.41) is 0. The number of aldehydes is 1. The number of amides is 1. The predicted molar refractivity (Wildman–Crippen MR) is 112 cm³/mol. The summed E-state index contributed by atoms with van der Waals surface area (Å²) in [7, 11) is 0. The minimum Gasteiger partial charge on any atom is -0.371 e. The Bertz CT molecular complexity index is 795. The van der Waals surface area contributed by atoms with Gasteiger partial charge in [-0.25, -0.2) is 0 Å². The van der Waals surface area contributed by atoms with Crippen molar-refractivity contribution in [3.63, 3.8) is 0 Å². The summed E-state index contributed by atoms with van der Waals surface area (Å²) < 4.78 is 0. The van der Waals surface area contributed by atoms with Gasteiger partial charge in [-0.05, 0) is 55.5 Å². The van der Waals surface area contributed by atoms with Crippen LogP contribution in [0.5, 0.6) is 0 Å². The molecule has 0 aliphatic carbocycles. The third-order valence-electron chi connectivity index (χ3n) is 6.24. The summed E-state index contributed by atoms with van der Waals surface area (Å²) in [6.45, 7) is 3.55. The summed E-state index contributed by atoms with van der Waals surface area (Å²) in [6.07, 6.45) is 4.94. The van der Waals surface area contributed by atoms with Crippen molar-refractivity contribution in [1.29, 1.82) is 0 Å². The zero-order valence-corrected chi connectivity index (χ0v) is 16.3. The molecule has 0 N–H and O–H groups in total. The number of carbonyl (C=O) groups is 2. The van der Waals surface area contributed by atoms with E-state index in [4.69, 9.17) is 0 Å². The van der Waals surface area contributed by atoms with Crippen molar-refractivity contribution in [3.05, 3.63) is 65.7 Å². The summed E-state index contributed by atoms with van der Waals surface area (Å²) in [5.74, 6) is 0.951. The number of rotatable bonds is 4. The van der Waals surface area contributed by atoms with Crippen LogP contribution < -0.4 is 4.90 Å². The number of carbonyl (C=O) groups excluding carboxylic acids is 2. The molecule has 2 fully saturated rings. The number of benzene rings is 2. The van der Waals surface area contributed by atoms with Crippen molar-refractivity contribution in [1.82, 2.24) is 4.90 Å². The van der Waals surface area contributed by atoms with Crippen molar-refractivity contribution < 1.29 is 9.59 Å². The molecule has 1 amide bonds. The van der Waals surface area contributed by atoms with Gasteiger partial charge in [0, 0.05) is 49.3 Å². The van der Waals surface area contributed by atoms with Gasteiger partial charge in [0.25, 0.3) is 0 Å². The molecular formula is C24H28N2O2. The second kappa shape index (κ2) is 8.59. The SMILES string of the molecule is O=Cc1ccc(N2CCC(C(=O)N3CCC[C@H](c4ccccc4)C3)CC2)cc1. The third-order valence-corrected chi connectivity index (χ3v) is 6.24. The molecule has 0 bridgehead atoms. The zero-order chi connectivity index (χ0) is 19.3. The zero-order valence-electron chi connectivity index (χ0n) is 16.3. The lowest BCUT2D eigenvalue weighted by Gasteiger charge is -2.38. The number of nitrogens with zero attached hydrogens (tertiary/aromatic N) is 2. The van der Waals surface area contributed by atoms with Gasteiger partial charge < -0.3 is 9.80 Å². The van der Waals surface area contributed by atoms with Gasteiger partial charge >= 0.3 is 0 Å². The largest absolute Gasteiger partial charge is 0.371 e. The van der Waals surface area contributed by atoms with E-state index in [2.05, 4.69) is 40.1 Å². The standard InChI is InChI=1S/C24H28N2O2/c27-18-19-8-10-23(11-9-19)25-15-12-21(13-16-25)24(28)26-14-4-7-22(17-26)20-5-2-1-3-6-20/h1-3,5-6,8-11,18,21-22H,4,7,12-17H2/t22-/m0/s1. The first-order chi connectivity index (χ1) is 13.7. The molecular weight excluding hydrogens is 348 g/mol. The second-order valence-electron chi connectivity index (χ2n) is 8.00. The molecule has 0 unspecified atom stereocenters. The Kier molecular flexibility index (Phi) is 5.75. The molecule has 146 valence electrons. The Morgan fingerprint density at radius 1 is 0.893 bits per heavy atom. The Labute approximate surface area is 167 Å². The minimum absolute atomic E-state index is 0.139. The lowest BCUT2D eigenvalue weighted by Crippen LogP contribution is -2.45. The first-order valence-electron chi connectivity index (χ1n) is 10.4. The molecule has 0 saturated carbocycles. The Morgan fingerprint density at radius 2 is 1.61 bits per heavy atom. The number of anilines is 1. The smallest absolute Gasteiger partial charge is 0.225 e. The van der Waals surface area contributed by atoms with Crippen LogP contribution in [-0.2, 0) is 4.79 Å². The Hall–Kier alpha value is -2.62. The van der Waals surface area contributed by atoms with E-state index in [0.717, 1.165) is 57.4 Å². The molecule has 4 heteroatoms. The number of hydrogen-bond acceptors (Lipinski definition) is 3.